The molecule has 0 bridgehead atoms. The van der Waals surface area contributed by atoms with Crippen LogP contribution < -0.4 is 10.2 Å². The summed E-state index contributed by atoms with van der Waals surface area (Å²) in [5, 5.41) is 21.0. The molecule has 0 aliphatic heterocycles. The number of rotatable bonds is 4. The molecule has 9 heteroatoms. The number of carbonyl (C=O) groups is 4. The van der Waals surface area contributed by atoms with Crippen LogP contribution in [0.15, 0.2) is 48.5 Å². The van der Waals surface area contributed by atoms with Crippen LogP contribution in [0.1, 0.15) is 41.4 Å². The molecular weight excluding hydrogens is 368 g/mol. The molecule has 0 amide bonds. The SMILES string of the molecule is COC(=O)c1ccccc1C(=O)[O-].COC(=O)c1ccccc1C(=O)[O-].[Mg+2]. The van der Waals surface area contributed by atoms with E-state index in [9.17, 15) is 29.4 Å². The van der Waals surface area contributed by atoms with Crippen molar-refractivity contribution in [2.45, 2.75) is 0 Å². The summed E-state index contributed by atoms with van der Waals surface area (Å²) in [6, 6.07) is 11.5. The van der Waals surface area contributed by atoms with E-state index in [4.69, 9.17) is 0 Å². The Morgan fingerprint density at radius 3 is 1.11 bits per heavy atom. The van der Waals surface area contributed by atoms with Crippen molar-refractivity contribution in [1.29, 1.82) is 0 Å². The van der Waals surface area contributed by atoms with Gasteiger partial charge in [-0.1, -0.05) is 36.4 Å². The summed E-state index contributed by atoms with van der Waals surface area (Å²) >= 11 is 0. The molecule has 0 saturated carbocycles. The van der Waals surface area contributed by atoms with Gasteiger partial charge in [-0.15, -0.1) is 0 Å². The Bertz CT molecular complexity index is 762. The zero-order valence-corrected chi connectivity index (χ0v) is 16.0. The van der Waals surface area contributed by atoms with Gasteiger partial charge in [0.1, 0.15) is 0 Å². The molecule has 27 heavy (non-hydrogen) atoms. The summed E-state index contributed by atoms with van der Waals surface area (Å²) in [4.78, 5) is 43.1. The second-order valence-electron chi connectivity index (χ2n) is 4.65. The minimum Gasteiger partial charge on any atom is -0.545 e. The molecule has 0 saturated heterocycles. The van der Waals surface area contributed by atoms with Crippen molar-refractivity contribution in [3.05, 3.63) is 70.8 Å². The normalized spacial score (nSPS) is 8.96. The van der Waals surface area contributed by atoms with E-state index in [-0.39, 0.29) is 45.3 Å². The van der Waals surface area contributed by atoms with Gasteiger partial charge in [-0.25, -0.2) is 9.59 Å². The third-order valence-corrected chi connectivity index (χ3v) is 3.10. The molecule has 0 atom stereocenters. The number of methoxy groups -OCH3 is 2. The summed E-state index contributed by atoms with van der Waals surface area (Å²) in [7, 11) is 2.38. The fraction of sp³-hybridized carbons (Fsp3) is 0.111. The van der Waals surface area contributed by atoms with Crippen LogP contribution in [0, 0.1) is 0 Å². The van der Waals surface area contributed by atoms with Crippen LogP contribution in [0.25, 0.3) is 0 Å². The maximum Gasteiger partial charge on any atom is 2.00 e. The Kier molecular flexibility index (Phi) is 10.4. The molecule has 0 aliphatic rings. The van der Waals surface area contributed by atoms with E-state index >= 15 is 0 Å². The van der Waals surface area contributed by atoms with E-state index in [0.29, 0.717) is 0 Å². The zero-order valence-electron chi connectivity index (χ0n) is 14.6. The van der Waals surface area contributed by atoms with Gasteiger partial charge in [0.05, 0.1) is 37.3 Å². The maximum absolute atomic E-state index is 11.0. The first-order chi connectivity index (χ1) is 12.3. The Balaban J connectivity index is 0.000000483. The van der Waals surface area contributed by atoms with Gasteiger partial charge in [-0.3, -0.25) is 0 Å². The monoisotopic (exact) mass is 382 g/mol. The van der Waals surface area contributed by atoms with Gasteiger partial charge in [0.15, 0.2) is 0 Å². The van der Waals surface area contributed by atoms with Crippen LogP contribution >= 0.6 is 0 Å². The van der Waals surface area contributed by atoms with Gasteiger partial charge < -0.3 is 29.3 Å². The maximum atomic E-state index is 11.0. The summed E-state index contributed by atoms with van der Waals surface area (Å²) in [5.74, 6) is -4.14. The Labute approximate surface area is 170 Å². The summed E-state index contributed by atoms with van der Waals surface area (Å²) in [5.41, 5.74) is -0.307. The minimum absolute atomic E-state index is 0. The molecule has 2 rings (SSSR count). The first-order valence-corrected chi connectivity index (χ1v) is 7.10. The van der Waals surface area contributed by atoms with Gasteiger partial charge in [-0.05, 0) is 12.1 Å². The molecule has 0 fully saturated rings. The first kappa shape index (κ1) is 24.1. The van der Waals surface area contributed by atoms with Gasteiger partial charge in [0, 0.05) is 11.1 Å². The van der Waals surface area contributed by atoms with Crippen LogP contribution in [0.4, 0.5) is 0 Å². The minimum atomic E-state index is -1.39. The number of hydrogen-bond acceptors (Lipinski definition) is 8. The molecule has 2 aromatic carbocycles. The van der Waals surface area contributed by atoms with Crippen molar-refractivity contribution in [2.75, 3.05) is 14.2 Å². The van der Waals surface area contributed by atoms with E-state index in [1.54, 1.807) is 12.1 Å². The number of ether oxygens (including phenoxy) is 2. The molecule has 0 aliphatic carbocycles. The Hall–Kier alpha value is -2.91. The second kappa shape index (κ2) is 11.7. The van der Waals surface area contributed by atoms with Gasteiger partial charge in [0.2, 0.25) is 0 Å². The van der Waals surface area contributed by atoms with Crippen molar-refractivity contribution in [3.63, 3.8) is 0 Å². The Morgan fingerprint density at radius 1 is 0.630 bits per heavy atom. The predicted molar refractivity (Wildman–Crippen MR) is 90.0 cm³/mol. The smallest absolute Gasteiger partial charge is 0.545 e. The predicted octanol–water partition coefficient (Wildman–Crippen LogP) is -0.707. The molecular formula is C18H14MgO8. The molecule has 136 valence electrons. The van der Waals surface area contributed by atoms with Gasteiger partial charge >= 0.3 is 35.0 Å². The number of hydrogen-bond donors (Lipinski definition) is 0. The van der Waals surface area contributed by atoms with Crippen LogP contribution in [-0.2, 0) is 9.47 Å². The third kappa shape index (κ3) is 6.72. The van der Waals surface area contributed by atoms with E-state index in [1.807, 2.05) is 0 Å². The van der Waals surface area contributed by atoms with Crippen molar-refractivity contribution < 1.29 is 38.9 Å². The molecule has 8 nitrogen and oxygen atoms in total. The van der Waals surface area contributed by atoms with E-state index in [0.717, 1.165) is 0 Å². The molecule has 0 radical (unpaired) electrons. The fourth-order valence-electron chi connectivity index (χ4n) is 1.90. The summed E-state index contributed by atoms with van der Waals surface area (Å²) in [6.45, 7) is 0. The van der Waals surface area contributed by atoms with Crippen molar-refractivity contribution in [3.8, 4) is 0 Å². The average molecular weight is 383 g/mol. The summed E-state index contributed by atoms with van der Waals surface area (Å²) in [6.07, 6.45) is 0. The molecule has 0 heterocycles. The quantitative estimate of drug-likeness (QED) is 0.500. The summed E-state index contributed by atoms with van der Waals surface area (Å²) < 4.78 is 8.79. The van der Waals surface area contributed by atoms with Gasteiger partial charge in [-0.2, -0.15) is 0 Å². The number of benzene rings is 2. The van der Waals surface area contributed by atoms with Crippen molar-refractivity contribution in [1.82, 2.24) is 0 Å². The number of esters is 2. The molecule has 0 aromatic heterocycles. The third-order valence-electron chi connectivity index (χ3n) is 3.10. The number of carbonyl (C=O) groups excluding carboxylic acids is 4. The van der Waals surface area contributed by atoms with E-state index in [1.165, 1.54) is 50.6 Å². The topological polar surface area (TPSA) is 133 Å². The average Bonchev–Trinajstić information content (AvgIpc) is 2.67. The number of carboxylic acid groups (broad SMARTS) is 2. The first-order valence-electron chi connectivity index (χ1n) is 7.10. The van der Waals surface area contributed by atoms with Crippen LogP contribution in [-0.4, -0.2) is 61.1 Å². The standard InChI is InChI=1S/2C9H8O4.Mg/c2*1-13-9(12)7-5-3-2-4-6(7)8(10)11;/h2*2-5H,1H3,(H,10,11);/q;;+2/p-2. The largest absolute Gasteiger partial charge is 2.00 e. The number of aromatic carboxylic acids is 2. The fourth-order valence-corrected chi connectivity index (χ4v) is 1.90. The Morgan fingerprint density at radius 2 is 0.889 bits per heavy atom. The molecule has 0 unspecified atom stereocenters. The van der Waals surface area contributed by atoms with Crippen LogP contribution in [0.3, 0.4) is 0 Å². The number of carboxylic acids is 2. The second-order valence-corrected chi connectivity index (χ2v) is 4.65. The molecule has 2 aromatic rings. The van der Waals surface area contributed by atoms with Crippen LogP contribution in [0.2, 0.25) is 0 Å². The molecule has 0 spiro atoms. The van der Waals surface area contributed by atoms with Crippen molar-refractivity contribution in [2.24, 2.45) is 0 Å². The van der Waals surface area contributed by atoms with Crippen LogP contribution in [0.5, 0.6) is 0 Å². The zero-order chi connectivity index (χ0) is 19.7. The molecule has 0 N–H and O–H groups in total. The van der Waals surface area contributed by atoms with E-state index < -0.39 is 23.9 Å². The van der Waals surface area contributed by atoms with Gasteiger partial charge in [0.25, 0.3) is 0 Å². The van der Waals surface area contributed by atoms with Crippen molar-refractivity contribution >= 4 is 46.9 Å². The van der Waals surface area contributed by atoms with E-state index in [2.05, 4.69) is 9.47 Å².